The number of aromatic nitrogens is 1. The molecule has 4 heteroatoms. The Kier molecular flexibility index (Phi) is 4.32. The van der Waals surface area contributed by atoms with Crippen LogP contribution in [0.5, 0.6) is 0 Å². The van der Waals surface area contributed by atoms with Gasteiger partial charge in [0.05, 0.1) is 5.69 Å². The summed E-state index contributed by atoms with van der Waals surface area (Å²) in [6.07, 6.45) is 9.18. The molecular weight excluding hydrogens is 266 g/mol. The van der Waals surface area contributed by atoms with Gasteiger partial charge in [-0.3, -0.25) is 0 Å². The van der Waals surface area contributed by atoms with Gasteiger partial charge in [-0.25, -0.2) is 4.98 Å². The second-order valence-electron chi connectivity index (χ2n) is 6.48. The van der Waals surface area contributed by atoms with E-state index in [1.807, 2.05) is 11.3 Å². The van der Waals surface area contributed by atoms with Crippen molar-refractivity contribution in [1.82, 2.24) is 10.3 Å². The van der Waals surface area contributed by atoms with Crippen LogP contribution in [0.4, 0.5) is 5.13 Å². The number of aryl methyl sites for hydroxylation is 1. The Bertz CT molecular complexity index is 457. The fourth-order valence-corrected chi connectivity index (χ4v) is 5.12. The highest BCUT2D eigenvalue weighted by Gasteiger charge is 2.29. The predicted molar refractivity (Wildman–Crippen MR) is 86.7 cm³/mol. The van der Waals surface area contributed by atoms with Crippen LogP contribution in [0, 0.1) is 5.92 Å². The van der Waals surface area contributed by atoms with Crippen LogP contribution in [-0.2, 0) is 6.42 Å². The molecule has 2 aliphatic carbocycles. The Balaban J connectivity index is 1.81. The Labute approximate surface area is 126 Å². The molecule has 1 heterocycles. The third-order valence-electron chi connectivity index (χ3n) is 5.15. The summed E-state index contributed by atoms with van der Waals surface area (Å²) in [5.41, 5.74) is 1.35. The van der Waals surface area contributed by atoms with Crippen LogP contribution in [-0.4, -0.2) is 25.1 Å². The summed E-state index contributed by atoms with van der Waals surface area (Å²) in [6, 6.07) is 1.21. The molecule has 0 amide bonds. The fraction of sp³-hybridized carbons (Fsp3) is 0.812. The van der Waals surface area contributed by atoms with E-state index in [9.17, 15) is 0 Å². The molecule has 1 aromatic heterocycles. The fourth-order valence-electron chi connectivity index (χ4n) is 3.85. The number of anilines is 1. The number of thiazole rings is 1. The second kappa shape index (κ2) is 6.02. The monoisotopic (exact) mass is 293 g/mol. The molecule has 0 aromatic carbocycles. The zero-order valence-electron chi connectivity index (χ0n) is 13.0. The highest BCUT2D eigenvalue weighted by Crippen LogP contribution is 2.39. The summed E-state index contributed by atoms with van der Waals surface area (Å²) in [5, 5.41) is 4.70. The molecule has 3 rings (SSSR count). The molecule has 0 bridgehead atoms. The van der Waals surface area contributed by atoms with Gasteiger partial charge in [0.25, 0.3) is 0 Å². The number of nitrogens with one attached hydrogen (secondary N) is 1. The molecule has 112 valence electrons. The predicted octanol–water partition coefficient (Wildman–Crippen LogP) is 3.75. The van der Waals surface area contributed by atoms with E-state index in [4.69, 9.17) is 4.98 Å². The van der Waals surface area contributed by atoms with Gasteiger partial charge in [0.2, 0.25) is 0 Å². The average Bonchev–Trinajstić information content (AvgIpc) is 2.91. The third-order valence-corrected chi connectivity index (χ3v) is 6.45. The molecule has 3 unspecified atom stereocenters. The summed E-state index contributed by atoms with van der Waals surface area (Å²) < 4.78 is 0. The van der Waals surface area contributed by atoms with Gasteiger partial charge in [0.15, 0.2) is 5.13 Å². The maximum Gasteiger partial charge on any atom is 0.185 e. The molecule has 20 heavy (non-hydrogen) atoms. The third kappa shape index (κ3) is 2.60. The first kappa shape index (κ1) is 14.3. The van der Waals surface area contributed by atoms with E-state index < -0.39 is 0 Å². The van der Waals surface area contributed by atoms with Gasteiger partial charge in [-0.2, -0.15) is 0 Å². The van der Waals surface area contributed by atoms with E-state index in [0.717, 1.165) is 12.3 Å². The number of hydrogen-bond donors (Lipinski definition) is 1. The maximum atomic E-state index is 4.96. The number of fused-ring (bicyclic) bond motifs is 1. The first-order valence-corrected chi connectivity index (χ1v) is 8.92. The van der Waals surface area contributed by atoms with Crippen molar-refractivity contribution in [2.75, 3.05) is 19.0 Å². The summed E-state index contributed by atoms with van der Waals surface area (Å²) >= 11 is 1.92. The average molecular weight is 293 g/mol. The molecule has 0 spiro atoms. The smallest absolute Gasteiger partial charge is 0.185 e. The van der Waals surface area contributed by atoms with Crippen molar-refractivity contribution in [3.63, 3.8) is 0 Å². The molecule has 0 radical (unpaired) electrons. The molecule has 1 N–H and O–H groups in total. The van der Waals surface area contributed by atoms with Crippen molar-refractivity contribution in [1.29, 1.82) is 0 Å². The van der Waals surface area contributed by atoms with Crippen LogP contribution >= 0.6 is 11.3 Å². The standard InChI is InChI=1S/C16H27N3S/c1-11-7-4-5-10-14(11)19(3)16-18-13-9-6-8-12(17-2)15(13)20-16/h11-12,14,17H,4-10H2,1-3H3. The van der Waals surface area contributed by atoms with Gasteiger partial charge in [0, 0.05) is 24.0 Å². The highest BCUT2D eigenvalue weighted by atomic mass is 32.1. The minimum atomic E-state index is 0.530. The Morgan fingerprint density at radius 2 is 2.00 bits per heavy atom. The lowest BCUT2D eigenvalue weighted by Gasteiger charge is -2.36. The Morgan fingerprint density at radius 3 is 2.75 bits per heavy atom. The summed E-state index contributed by atoms with van der Waals surface area (Å²) in [5.74, 6) is 0.801. The van der Waals surface area contributed by atoms with Gasteiger partial charge in [0.1, 0.15) is 0 Å². The summed E-state index contributed by atoms with van der Waals surface area (Å²) in [6.45, 7) is 2.41. The van der Waals surface area contributed by atoms with Crippen LogP contribution in [0.3, 0.4) is 0 Å². The van der Waals surface area contributed by atoms with Crippen LogP contribution in [0.15, 0.2) is 0 Å². The Hall–Kier alpha value is -0.610. The molecule has 1 saturated carbocycles. The molecule has 3 atom stereocenters. The van der Waals surface area contributed by atoms with Crippen molar-refractivity contribution >= 4 is 16.5 Å². The van der Waals surface area contributed by atoms with Crippen LogP contribution < -0.4 is 10.2 Å². The lowest BCUT2D eigenvalue weighted by atomic mass is 9.85. The van der Waals surface area contributed by atoms with Gasteiger partial charge in [-0.1, -0.05) is 31.1 Å². The second-order valence-corrected chi connectivity index (χ2v) is 7.49. The minimum Gasteiger partial charge on any atom is -0.348 e. The Morgan fingerprint density at radius 1 is 1.20 bits per heavy atom. The van der Waals surface area contributed by atoms with Crippen molar-refractivity contribution in [3.05, 3.63) is 10.6 Å². The SMILES string of the molecule is CNC1CCCc2nc(N(C)C3CCCCC3C)sc21. The van der Waals surface area contributed by atoms with Gasteiger partial charge < -0.3 is 10.2 Å². The van der Waals surface area contributed by atoms with Gasteiger partial charge >= 0.3 is 0 Å². The van der Waals surface area contributed by atoms with E-state index in [-0.39, 0.29) is 0 Å². The lowest BCUT2D eigenvalue weighted by molar-refractivity contribution is 0.321. The molecule has 0 aliphatic heterocycles. The first-order valence-electron chi connectivity index (χ1n) is 8.10. The summed E-state index contributed by atoms with van der Waals surface area (Å²) in [7, 11) is 4.33. The van der Waals surface area contributed by atoms with E-state index >= 15 is 0 Å². The van der Waals surface area contributed by atoms with E-state index in [1.54, 1.807) is 0 Å². The molecule has 3 nitrogen and oxygen atoms in total. The van der Waals surface area contributed by atoms with E-state index in [0.29, 0.717) is 12.1 Å². The minimum absolute atomic E-state index is 0.530. The zero-order chi connectivity index (χ0) is 14.1. The maximum absolute atomic E-state index is 4.96. The highest BCUT2D eigenvalue weighted by molar-refractivity contribution is 7.15. The topological polar surface area (TPSA) is 28.2 Å². The van der Waals surface area contributed by atoms with Gasteiger partial charge in [-0.15, -0.1) is 0 Å². The molecule has 1 fully saturated rings. The van der Waals surface area contributed by atoms with Crippen molar-refractivity contribution in [3.8, 4) is 0 Å². The quantitative estimate of drug-likeness (QED) is 0.920. The van der Waals surface area contributed by atoms with E-state index in [1.165, 1.54) is 54.2 Å². The van der Waals surface area contributed by atoms with Crippen molar-refractivity contribution < 1.29 is 0 Å². The molecule has 0 saturated heterocycles. The number of hydrogen-bond acceptors (Lipinski definition) is 4. The van der Waals surface area contributed by atoms with Crippen molar-refractivity contribution in [2.24, 2.45) is 5.92 Å². The summed E-state index contributed by atoms with van der Waals surface area (Å²) in [4.78, 5) is 8.92. The van der Waals surface area contributed by atoms with Gasteiger partial charge in [-0.05, 0) is 45.1 Å². The van der Waals surface area contributed by atoms with Crippen LogP contribution in [0.1, 0.15) is 62.1 Å². The number of nitrogens with zero attached hydrogens (tertiary/aromatic N) is 2. The largest absolute Gasteiger partial charge is 0.348 e. The zero-order valence-corrected chi connectivity index (χ0v) is 13.8. The van der Waals surface area contributed by atoms with E-state index in [2.05, 4.69) is 31.2 Å². The first-order chi connectivity index (χ1) is 9.70. The molecular formula is C16H27N3S. The van der Waals surface area contributed by atoms with Crippen molar-refractivity contribution in [2.45, 2.75) is 64.0 Å². The van der Waals surface area contributed by atoms with Crippen LogP contribution in [0.25, 0.3) is 0 Å². The lowest BCUT2D eigenvalue weighted by Crippen LogP contribution is -2.38. The normalized spacial score (nSPS) is 30.1. The number of rotatable bonds is 3. The molecule has 1 aromatic rings. The molecule has 2 aliphatic rings. The van der Waals surface area contributed by atoms with Crippen LogP contribution in [0.2, 0.25) is 0 Å².